The molecule has 2 atom stereocenters. The van der Waals surface area contributed by atoms with Gasteiger partial charge in [0.15, 0.2) is 0 Å². The molecule has 1 aromatic heterocycles. The van der Waals surface area contributed by atoms with Crippen molar-refractivity contribution in [3.05, 3.63) is 35.4 Å². The van der Waals surface area contributed by atoms with Gasteiger partial charge in [0.25, 0.3) is 11.8 Å². The largest absolute Gasteiger partial charge is 0.349 e. The molecule has 4 rings (SSSR count). The van der Waals surface area contributed by atoms with Crippen LogP contribution in [0.2, 0.25) is 0 Å². The highest BCUT2D eigenvalue weighted by Crippen LogP contribution is 2.29. The van der Waals surface area contributed by atoms with Gasteiger partial charge in [0.2, 0.25) is 0 Å². The van der Waals surface area contributed by atoms with Gasteiger partial charge in [-0.15, -0.1) is 5.11 Å². The molecule has 1 aromatic carbocycles. The summed E-state index contributed by atoms with van der Waals surface area (Å²) in [5.74, 6) is -0.447. The number of nitrogens with zero attached hydrogens (tertiary/aromatic N) is 4. The summed E-state index contributed by atoms with van der Waals surface area (Å²) in [5.41, 5.74) is 3.05. The molecular weight excluding hydrogens is 314 g/mol. The van der Waals surface area contributed by atoms with Crippen molar-refractivity contribution in [2.45, 2.75) is 31.3 Å². The lowest BCUT2D eigenvalue weighted by Gasteiger charge is -2.30. The van der Waals surface area contributed by atoms with Gasteiger partial charge in [0, 0.05) is 17.7 Å². The lowest BCUT2D eigenvalue weighted by atomic mass is 9.86. The third-order valence-electron chi connectivity index (χ3n) is 4.15. The Kier molecular flexibility index (Phi) is 3.45. The van der Waals surface area contributed by atoms with Gasteiger partial charge in [-0.1, -0.05) is 0 Å². The zero-order valence-electron chi connectivity index (χ0n) is 12.1. The number of carbonyl (C=O) groups excluding carboxylic acids is 2. The van der Waals surface area contributed by atoms with Crippen molar-refractivity contribution in [3.63, 3.8) is 0 Å². The number of carbonyl (C=O) groups is 2. The summed E-state index contributed by atoms with van der Waals surface area (Å²) < 4.78 is 8.28. The van der Waals surface area contributed by atoms with Crippen molar-refractivity contribution < 1.29 is 9.59 Å². The van der Waals surface area contributed by atoms with E-state index in [1.807, 2.05) is 0 Å². The molecular formula is C15H13N5O2S. The molecule has 0 bridgehead atoms. The summed E-state index contributed by atoms with van der Waals surface area (Å²) in [4.78, 5) is 23.7. The maximum Gasteiger partial charge on any atom is 0.287 e. The van der Waals surface area contributed by atoms with Gasteiger partial charge >= 0.3 is 0 Å². The van der Waals surface area contributed by atoms with Gasteiger partial charge in [0.1, 0.15) is 11.0 Å². The van der Waals surface area contributed by atoms with Crippen molar-refractivity contribution >= 4 is 34.6 Å². The molecule has 1 aliphatic heterocycles. The zero-order chi connectivity index (χ0) is 15.8. The molecule has 2 aliphatic rings. The van der Waals surface area contributed by atoms with Gasteiger partial charge in [-0.2, -0.15) is 13.9 Å². The second-order valence-corrected chi connectivity index (χ2v) is 6.24. The zero-order valence-corrected chi connectivity index (χ0v) is 12.9. The topological polar surface area (TPSA) is 96.7 Å². The third-order valence-corrected chi connectivity index (χ3v) is 4.71. The Labute approximate surface area is 135 Å². The van der Waals surface area contributed by atoms with E-state index in [2.05, 4.69) is 24.3 Å². The molecule has 0 radical (unpaired) electrons. The fourth-order valence-electron chi connectivity index (χ4n) is 2.98. The normalized spacial score (nSPS) is 23.5. The molecule has 1 saturated carbocycles. The van der Waals surface area contributed by atoms with E-state index in [4.69, 9.17) is 0 Å². The van der Waals surface area contributed by atoms with Gasteiger partial charge in [-0.3, -0.25) is 9.59 Å². The summed E-state index contributed by atoms with van der Waals surface area (Å²) in [6, 6.07) is 5.31. The summed E-state index contributed by atoms with van der Waals surface area (Å²) in [6.07, 6.45) is 3.80. The predicted octanol–water partition coefficient (Wildman–Crippen LogP) is 2.26. The summed E-state index contributed by atoms with van der Waals surface area (Å²) in [7, 11) is 0. The standard InChI is InChI=1S/C15H13N5O2S/c21-14-7-9-5-10(2-4-11(9)17-18-14)16-15(22)8-1-3-12-13(6-8)20-23-19-12/h1,3,6-7,10-11H,2,4-5H2,(H,16,22). The van der Waals surface area contributed by atoms with Gasteiger partial charge in [0.05, 0.1) is 17.8 Å². The smallest absolute Gasteiger partial charge is 0.287 e. The lowest BCUT2D eigenvalue weighted by Crippen LogP contribution is -2.39. The lowest BCUT2D eigenvalue weighted by molar-refractivity contribution is -0.114. The number of amides is 2. The van der Waals surface area contributed by atoms with E-state index in [1.165, 1.54) is 0 Å². The monoisotopic (exact) mass is 327 g/mol. The Balaban J connectivity index is 1.47. The van der Waals surface area contributed by atoms with Crippen LogP contribution < -0.4 is 5.32 Å². The van der Waals surface area contributed by atoms with E-state index in [0.717, 1.165) is 41.2 Å². The third kappa shape index (κ3) is 2.77. The highest BCUT2D eigenvalue weighted by Gasteiger charge is 2.29. The van der Waals surface area contributed by atoms with E-state index >= 15 is 0 Å². The first-order valence-electron chi connectivity index (χ1n) is 7.37. The SMILES string of the molecule is O=C1C=C2CC(NC(=O)c3ccc4nsnc4c3)CCC2N=N1. The van der Waals surface area contributed by atoms with Crippen LogP contribution in [0.1, 0.15) is 29.6 Å². The Hall–Kier alpha value is -2.48. The van der Waals surface area contributed by atoms with E-state index in [0.29, 0.717) is 12.0 Å². The van der Waals surface area contributed by atoms with Crippen molar-refractivity contribution in [2.75, 3.05) is 0 Å². The summed E-state index contributed by atoms with van der Waals surface area (Å²) >= 11 is 1.13. The highest BCUT2D eigenvalue weighted by atomic mass is 32.1. The van der Waals surface area contributed by atoms with Crippen LogP contribution in [-0.2, 0) is 4.79 Å². The van der Waals surface area contributed by atoms with Crippen molar-refractivity contribution in [1.82, 2.24) is 14.1 Å². The number of hydrogen-bond donors (Lipinski definition) is 1. The minimum absolute atomic E-state index is 0.00159. The molecule has 2 unspecified atom stereocenters. The average molecular weight is 327 g/mol. The molecule has 23 heavy (non-hydrogen) atoms. The number of fused-ring (bicyclic) bond motifs is 2. The van der Waals surface area contributed by atoms with Gasteiger partial charge in [-0.05, 0) is 43.0 Å². The summed E-state index contributed by atoms with van der Waals surface area (Å²) in [5, 5.41) is 10.6. The number of rotatable bonds is 2. The Morgan fingerprint density at radius 3 is 3.00 bits per heavy atom. The van der Waals surface area contributed by atoms with E-state index < -0.39 is 0 Å². The second kappa shape index (κ2) is 5.62. The molecule has 1 N–H and O–H groups in total. The molecule has 1 aliphatic carbocycles. The van der Waals surface area contributed by atoms with Crippen LogP contribution in [0.15, 0.2) is 40.1 Å². The first kappa shape index (κ1) is 14.1. The first-order chi connectivity index (χ1) is 11.2. The van der Waals surface area contributed by atoms with E-state index in [-0.39, 0.29) is 23.9 Å². The molecule has 7 nitrogen and oxygen atoms in total. The number of hydrogen-bond acceptors (Lipinski definition) is 6. The number of benzene rings is 1. The van der Waals surface area contributed by atoms with Gasteiger partial charge in [-0.25, -0.2) is 0 Å². The maximum absolute atomic E-state index is 12.4. The number of azo groups is 1. The Morgan fingerprint density at radius 2 is 2.09 bits per heavy atom. The average Bonchev–Trinajstić information content (AvgIpc) is 3.02. The van der Waals surface area contributed by atoms with Crippen LogP contribution in [0.3, 0.4) is 0 Å². The molecule has 2 amide bonds. The number of nitrogens with one attached hydrogen (secondary N) is 1. The van der Waals surface area contributed by atoms with Crippen molar-refractivity contribution in [3.8, 4) is 0 Å². The molecule has 0 saturated heterocycles. The van der Waals surface area contributed by atoms with E-state index in [9.17, 15) is 9.59 Å². The molecule has 8 heteroatoms. The van der Waals surface area contributed by atoms with Crippen LogP contribution in [0.5, 0.6) is 0 Å². The molecule has 116 valence electrons. The van der Waals surface area contributed by atoms with Crippen LogP contribution >= 0.6 is 11.7 Å². The van der Waals surface area contributed by atoms with Crippen LogP contribution in [0.25, 0.3) is 11.0 Å². The van der Waals surface area contributed by atoms with Crippen LogP contribution in [0, 0.1) is 0 Å². The fourth-order valence-corrected chi connectivity index (χ4v) is 3.50. The van der Waals surface area contributed by atoms with Crippen LogP contribution in [0.4, 0.5) is 0 Å². The first-order valence-corrected chi connectivity index (χ1v) is 8.10. The summed E-state index contributed by atoms with van der Waals surface area (Å²) in [6.45, 7) is 0. The Morgan fingerprint density at radius 1 is 1.22 bits per heavy atom. The van der Waals surface area contributed by atoms with Crippen LogP contribution in [-0.4, -0.2) is 32.6 Å². The second-order valence-electron chi connectivity index (χ2n) is 5.71. The minimum atomic E-state index is -0.315. The predicted molar refractivity (Wildman–Crippen MR) is 84.3 cm³/mol. The molecule has 0 spiro atoms. The molecule has 1 fully saturated rings. The van der Waals surface area contributed by atoms with Gasteiger partial charge < -0.3 is 5.32 Å². The fraction of sp³-hybridized carbons (Fsp3) is 0.333. The minimum Gasteiger partial charge on any atom is -0.349 e. The Bertz CT molecular complexity index is 856. The van der Waals surface area contributed by atoms with E-state index in [1.54, 1.807) is 24.3 Å². The number of aromatic nitrogens is 2. The molecule has 2 heterocycles. The molecule has 2 aromatic rings. The maximum atomic E-state index is 12.4. The van der Waals surface area contributed by atoms with Crippen molar-refractivity contribution in [2.24, 2.45) is 10.2 Å². The highest BCUT2D eigenvalue weighted by molar-refractivity contribution is 7.00. The quantitative estimate of drug-likeness (QED) is 0.915. The van der Waals surface area contributed by atoms with Crippen molar-refractivity contribution in [1.29, 1.82) is 0 Å².